The Hall–Kier alpha value is -1.43. The van der Waals surface area contributed by atoms with Gasteiger partial charge in [-0.1, -0.05) is 24.6 Å². The summed E-state index contributed by atoms with van der Waals surface area (Å²) in [5, 5.41) is 4.91. The molecule has 1 atom stereocenters. The van der Waals surface area contributed by atoms with E-state index < -0.39 is 0 Å². The summed E-state index contributed by atoms with van der Waals surface area (Å²) in [6.45, 7) is 4.79. The molecule has 0 aliphatic carbocycles. The smallest absolute Gasteiger partial charge is 0.127 e. The molecule has 1 heterocycles. The Bertz CT molecular complexity index is 591. The van der Waals surface area contributed by atoms with Crippen molar-refractivity contribution in [3.8, 4) is 0 Å². The van der Waals surface area contributed by atoms with E-state index in [1.165, 1.54) is 6.07 Å². The number of benzene rings is 1. The molecule has 4 nitrogen and oxygen atoms in total. The number of nitrogens with one attached hydrogen (secondary N) is 1. The minimum absolute atomic E-state index is 0.243. The zero-order chi connectivity index (χ0) is 15.4. The molecule has 0 aliphatic rings. The van der Waals surface area contributed by atoms with Gasteiger partial charge in [0, 0.05) is 17.1 Å². The maximum Gasteiger partial charge on any atom is 0.127 e. The lowest BCUT2D eigenvalue weighted by molar-refractivity contribution is 0.480. The van der Waals surface area contributed by atoms with Crippen molar-refractivity contribution in [2.24, 2.45) is 5.84 Å². The van der Waals surface area contributed by atoms with Crippen LogP contribution in [0.5, 0.6) is 0 Å². The lowest BCUT2D eigenvalue weighted by Crippen LogP contribution is -2.31. The summed E-state index contributed by atoms with van der Waals surface area (Å²) in [6.07, 6.45) is 1.22. The third kappa shape index (κ3) is 3.43. The van der Waals surface area contributed by atoms with Gasteiger partial charge in [0.1, 0.15) is 5.82 Å². The minimum Gasteiger partial charge on any atom is -0.271 e. The van der Waals surface area contributed by atoms with E-state index in [4.69, 9.17) is 17.4 Å². The van der Waals surface area contributed by atoms with Gasteiger partial charge in [0.15, 0.2) is 0 Å². The van der Waals surface area contributed by atoms with E-state index in [2.05, 4.69) is 10.5 Å². The highest BCUT2D eigenvalue weighted by Gasteiger charge is 2.20. The Labute approximate surface area is 129 Å². The van der Waals surface area contributed by atoms with E-state index in [0.29, 0.717) is 17.0 Å². The highest BCUT2D eigenvalue weighted by molar-refractivity contribution is 6.31. The highest BCUT2D eigenvalue weighted by Crippen LogP contribution is 2.26. The van der Waals surface area contributed by atoms with Crippen molar-refractivity contribution in [1.82, 2.24) is 15.2 Å². The van der Waals surface area contributed by atoms with Crippen LogP contribution in [0.3, 0.4) is 0 Å². The average molecular weight is 311 g/mol. The lowest BCUT2D eigenvalue weighted by Gasteiger charge is -2.18. The van der Waals surface area contributed by atoms with Crippen molar-refractivity contribution >= 4 is 11.6 Å². The van der Waals surface area contributed by atoms with Gasteiger partial charge in [0.05, 0.1) is 17.4 Å². The van der Waals surface area contributed by atoms with Crippen LogP contribution >= 0.6 is 11.6 Å². The number of aryl methyl sites for hydroxylation is 2. The SMILES string of the molecule is CCc1cc(C(Cc2c(F)cccc2Cl)NN)n(CC)n1. The number of nitrogens with zero attached hydrogens (tertiary/aromatic N) is 2. The summed E-state index contributed by atoms with van der Waals surface area (Å²) in [4.78, 5) is 0. The van der Waals surface area contributed by atoms with E-state index >= 15 is 0 Å². The van der Waals surface area contributed by atoms with Crippen molar-refractivity contribution in [3.05, 3.63) is 52.1 Å². The number of rotatable bonds is 6. The van der Waals surface area contributed by atoms with Crippen LogP contribution in [0.1, 0.15) is 36.8 Å². The fraction of sp³-hybridized carbons (Fsp3) is 0.400. The summed E-state index contributed by atoms with van der Waals surface area (Å²) < 4.78 is 15.8. The van der Waals surface area contributed by atoms with Crippen molar-refractivity contribution in [2.75, 3.05) is 0 Å². The Balaban J connectivity index is 2.34. The highest BCUT2D eigenvalue weighted by atomic mass is 35.5. The van der Waals surface area contributed by atoms with Crippen molar-refractivity contribution in [2.45, 2.75) is 39.3 Å². The van der Waals surface area contributed by atoms with Gasteiger partial charge in [0.2, 0.25) is 0 Å². The number of hydrogen-bond donors (Lipinski definition) is 2. The van der Waals surface area contributed by atoms with Gasteiger partial charge >= 0.3 is 0 Å². The van der Waals surface area contributed by atoms with E-state index in [0.717, 1.165) is 24.4 Å². The molecule has 114 valence electrons. The van der Waals surface area contributed by atoms with Gasteiger partial charge in [-0.05, 0) is 38.0 Å². The second-order valence-corrected chi connectivity index (χ2v) is 5.26. The van der Waals surface area contributed by atoms with E-state index in [1.807, 2.05) is 24.6 Å². The van der Waals surface area contributed by atoms with Crippen LogP contribution in [0, 0.1) is 5.82 Å². The maximum absolute atomic E-state index is 13.9. The average Bonchev–Trinajstić information content (AvgIpc) is 2.90. The third-order valence-corrected chi connectivity index (χ3v) is 3.91. The fourth-order valence-electron chi connectivity index (χ4n) is 2.37. The Morgan fingerprint density at radius 2 is 2.19 bits per heavy atom. The molecule has 0 spiro atoms. The lowest BCUT2D eigenvalue weighted by atomic mass is 10.0. The van der Waals surface area contributed by atoms with Gasteiger partial charge < -0.3 is 0 Å². The molecule has 2 aromatic rings. The van der Waals surface area contributed by atoms with E-state index in [9.17, 15) is 4.39 Å². The van der Waals surface area contributed by atoms with Crippen LogP contribution in [-0.4, -0.2) is 9.78 Å². The second-order valence-electron chi connectivity index (χ2n) is 4.85. The second kappa shape index (κ2) is 7.02. The maximum atomic E-state index is 13.9. The first kappa shape index (κ1) is 15.9. The molecule has 2 rings (SSSR count). The largest absolute Gasteiger partial charge is 0.271 e. The van der Waals surface area contributed by atoms with Crippen LogP contribution < -0.4 is 11.3 Å². The third-order valence-electron chi connectivity index (χ3n) is 3.55. The summed E-state index contributed by atoms with van der Waals surface area (Å²) in [7, 11) is 0. The summed E-state index contributed by atoms with van der Waals surface area (Å²) in [6, 6.07) is 6.44. The molecule has 1 aromatic heterocycles. The molecule has 1 unspecified atom stereocenters. The van der Waals surface area contributed by atoms with Crippen molar-refractivity contribution in [1.29, 1.82) is 0 Å². The van der Waals surface area contributed by atoms with Crippen LogP contribution in [0.25, 0.3) is 0 Å². The Morgan fingerprint density at radius 1 is 1.43 bits per heavy atom. The van der Waals surface area contributed by atoms with Gasteiger partial charge in [-0.15, -0.1) is 0 Å². The van der Waals surface area contributed by atoms with Gasteiger partial charge in [-0.2, -0.15) is 5.10 Å². The molecule has 0 amide bonds. The van der Waals surface area contributed by atoms with Crippen LogP contribution in [0.2, 0.25) is 5.02 Å². The molecule has 3 N–H and O–H groups in total. The van der Waals surface area contributed by atoms with Crippen LogP contribution in [0.4, 0.5) is 4.39 Å². The zero-order valence-electron chi connectivity index (χ0n) is 12.2. The number of aromatic nitrogens is 2. The molecule has 0 saturated carbocycles. The van der Waals surface area contributed by atoms with E-state index in [1.54, 1.807) is 12.1 Å². The Morgan fingerprint density at radius 3 is 2.76 bits per heavy atom. The molecule has 0 fully saturated rings. The van der Waals surface area contributed by atoms with Crippen LogP contribution in [-0.2, 0) is 19.4 Å². The predicted octanol–water partition coefficient (Wildman–Crippen LogP) is 3.01. The van der Waals surface area contributed by atoms with Crippen LogP contribution in [0.15, 0.2) is 24.3 Å². The number of hydrazine groups is 1. The number of halogens is 2. The molecule has 0 aliphatic heterocycles. The summed E-state index contributed by atoms with van der Waals surface area (Å²) in [5.74, 6) is 5.35. The molecule has 1 aromatic carbocycles. The summed E-state index contributed by atoms with van der Waals surface area (Å²) in [5.41, 5.74) is 5.14. The van der Waals surface area contributed by atoms with Crippen molar-refractivity contribution in [3.63, 3.8) is 0 Å². The summed E-state index contributed by atoms with van der Waals surface area (Å²) >= 11 is 6.09. The van der Waals surface area contributed by atoms with Crippen molar-refractivity contribution < 1.29 is 4.39 Å². The number of hydrogen-bond acceptors (Lipinski definition) is 3. The molecule has 0 bridgehead atoms. The quantitative estimate of drug-likeness (QED) is 0.637. The first-order valence-electron chi connectivity index (χ1n) is 7.06. The minimum atomic E-state index is -0.318. The molecule has 0 saturated heterocycles. The molecule has 0 radical (unpaired) electrons. The normalized spacial score (nSPS) is 12.6. The fourth-order valence-corrected chi connectivity index (χ4v) is 2.61. The van der Waals surface area contributed by atoms with E-state index in [-0.39, 0.29) is 11.9 Å². The van der Waals surface area contributed by atoms with Gasteiger partial charge in [-0.3, -0.25) is 16.0 Å². The standard InChI is InChI=1S/C15H20ClFN4/c1-3-10-8-15(21(4-2)20-10)14(19-18)9-11-12(16)6-5-7-13(11)17/h5-8,14,19H,3-4,9,18H2,1-2H3. The first-order chi connectivity index (χ1) is 10.1. The topological polar surface area (TPSA) is 55.9 Å². The van der Waals surface area contributed by atoms with Gasteiger partial charge in [-0.25, -0.2) is 4.39 Å². The molecular weight excluding hydrogens is 291 g/mol. The molecular formula is C15H20ClFN4. The molecule has 21 heavy (non-hydrogen) atoms. The molecule has 6 heteroatoms. The zero-order valence-corrected chi connectivity index (χ0v) is 13.0. The monoisotopic (exact) mass is 310 g/mol. The number of nitrogens with two attached hydrogens (primary N) is 1. The first-order valence-corrected chi connectivity index (χ1v) is 7.44. The predicted molar refractivity (Wildman–Crippen MR) is 82.5 cm³/mol. The van der Waals surface area contributed by atoms with Gasteiger partial charge in [0.25, 0.3) is 0 Å². The Kier molecular flexibility index (Phi) is 5.33.